The SMILES string of the molecule is Cc1oc(-c2cccs2)nc1CN1C[C@@H]2CCC[C@@]2(C(=O)O)C1.Cl. The third-order valence-corrected chi connectivity index (χ3v) is 6.22. The fraction of sp³-hybridized carbons (Fsp3) is 0.529. The highest BCUT2D eigenvalue weighted by atomic mass is 35.5. The van der Waals surface area contributed by atoms with Crippen LogP contribution >= 0.6 is 23.7 Å². The van der Waals surface area contributed by atoms with Crippen molar-refractivity contribution in [2.45, 2.75) is 32.7 Å². The molecule has 0 bridgehead atoms. The van der Waals surface area contributed by atoms with Crippen molar-refractivity contribution in [3.63, 3.8) is 0 Å². The summed E-state index contributed by atoms with van der Waals surface area (Å²) in [6, 6.07) is 3.98. The molecule has 5 nitrogen and oxygen atoms in total. The van der Waals surface area contributed by atoms with Crippen LogP contribution in [0.1, 0.15) is 30.7 Å². The maximum absolute atomic E-state index is 11.8. The van der Waals surface area contributed by atoms with Crippen LogP contribution in [0, 0.1) is 18.3 Å². The van der Waals surface area contributed by atoms with Gasteiger partial charge in [0.05, 0.1) is 16.0 Å². The molecule has 2 fully saturated rings. The molecule has 0 radical (unpaired) electrons. The molecular formula is C17H21ClN2O3S. The van der Waals surface area contributed by atoms with E-state index in [1.807, 2.05) is 24.4 Å². The molecule has 0 aromatic carbocycles. The van der Waals surface area contributed by atoms with E-state index in [1.54, 1.807) is 11.3 Å². The summed E-state index contributed by atoms with van der Waals surface area (Å²) in [6.07, 6.45) is 2.87. The molecule has 1 N–H and O–H groups in total. The molecule has 0 unspecified atom stereocenters. The van der Waals surface area contributed by atoms with Crippen LogP contribution in [-0.4, -0.2) is 34.0 Å². The first-order valence-electron chi connectivity index (χ1n) is 8.04. The fourth-order valence-corrected chi connectivity index (χ4v) is 4.80. The minimum absolute atomic E-state index is 0. The number of aryl methyl sites for hydroxylation is 1. The largest absolute Gasteiger partial charge is 0.481 e. The lowest BCUT2D eigenvalue weighted by molar-refractivity contribution is -0.149. The summed E-state index contributed by atoms with van der Waals surface area (Å²) in [4.78, 5) is 19.7. The third-order valence-electron chi connectivity index (χ3n) is 5.37. The summed E-state index contributed by atoms with van der Waals surface area (Å²) >= 11 is 1.61. The van der Waals surface area contributed by atoms with Crippen LogP contribution in [0.4, 0.5) is 0 Å². The Labute approximate surface area is 151 Å². The minimum Gasteiger partial charge on any atom is -0.481 e. The van der Waals surface area contributed by atoms with E-state index in [0.717, 1.165) is 42.1 Å². The number of oxazole rings is 1. The molecule has 1 aliphatic carbocycles. The van der Waals surface area contributed by atoms with Gasteiger partial charge in [-0.05, 0) is 37.1 Å². The summed E-state index contributed by atoms with van der Waals surface area (Å²) in [5, 5.41) is 11.7. The average molecular weight is 369 g/mol. The lowest BCUT2D eigenvalue weighted by Crippen LogP contribution is -2.35. The molecule has 2 aromatic rings. The quantitative estimate of drug-likeness (QED) is 0.888. The Bertz CT molecular complexity index is 730. The van der Waals surface area contributed by atoms with Crippen LogP contribution in [-0.2, 0) is 11.3 Å². The number of rotatable bonds is 4. The summed E-state index contributed by atoms with van der Waals surface area (Å²) in [6.45, 7) is 4.09. The van der Waals surface area contributed by atoms with Crippen LogP contribution in [0.2, 0.25) is 0 Å². The van der Waals surface area contributed by atoms with Gasteiger partial charge in [-0.2, -0.15) is 0 Å². The number of halogens is 1. The first-order chi connectivity index (χ1) is 11.1. The van der Waals surface area contributed by atoms with Gasteiger partial charge in [-0.1, -0.05) is 12.5 Å². The van der Waals surface area contributed by atoms with Gasteiger partial charge in [0.15, 0.2) is 0 Å². The summed E-state index contributed by atoms with van der Waals surface area (Å²) in [5.41, 5.74) is 0.391. The van der Waals surface area contributed by atoms with Crippen molar-refractivity contribution < 1.29 is 14.3 Å². The molecule has 1 aliphatic heterocycles. The van der Waals surface area contributed by atoms with Gasteiger partial charge in [0.2, 0.25) is 5.89 Å². The zero-order valence-corrected chi connectivity index (χ0v) is 15.2. The Morgan fingerprint density at radius 3 is 3.08 bits per heavy atom. The molecule has 4 rings (SSSR count). The van der Waals surface area contributed by atoms with Gasteiger partial charge < -0.3 is 9.52 Å². The Morgan fingerprint density at radius 2 is 2.42 bits per heavy atom. The summed E-state index contributed by atoms with van der Waals surface area (Å²) in [5.74, 6) is 1.15. The predicted molar refractivity (Wildman–Crippen MR) is 94.5 cm³/mol. The Morgan fingerprint density at radius 1 is 1.58 bits per heavy atom. The van der Waals surface area contributed by atoms with Crippen LogP contribution in [0.15, 0.2) is 21.9 Å². The van der Waals surface area contributed by atoms with Crippen LogP contribution in [0.5, 0.6) is 0 Å². The van der Waals surface area contributed by atoms with E-state index >= 15 is 0 Å². The van der Waals surface area contributed by atoms with Crippen molar-refractivity contribution in [3.05, 3.63) is 29.0 Å². The van der Waals surface area contributed by atoms with Crippen molar-refractivity contribution >= 4 is 29.7 Å². The normalized spacial score (nSPS) is 26.3. The smallest absolute Gasteiger partial charge is 0.311 e. The van der Waals surface area contributed by atoms with E-state index in [9.17, 15) is 9.90 Å². The average Bonchev–Trinajstić information content (AvgIpc) is 3.23. The van der Waals surface area contributed by atoms with Crippen molar-refractivity contribution in [3.8, 4) is 10.8 Å². The summed E-state index contributed by atoms with van der Waals surface area (Å²) in [7, 11) is 0. The molecule has 24 heavy (non-hydrogen) atoms. The first-order valence-corrected chi connectivity index (χ1v) is 8.92. The van der Waals surface area contributed by atoms with E-state index in [2.05, 4.69) is 9.88 Å². The van der Waals surface area contributed by atoms with Crippen LogP contribution < -0.4 is 0 Å². The van der Waals surface area contributed by atoms with E-state index < -0.39 is 11.4 Å². The molecule has 1 saturated heterocycles. The van der Waals surface area contributed by atoms with E-state index in [0.29, 0.717) is 19.0 Å². The first kappa shape index (κ1) is 17.5. The van der Waals surface area contributed by atoms with Gasteiger partial charge in [-0.15, -0.1) is 23.7 Å². The number of thiophene rings is 1. The molecule has 0 spiro atoms. The lowest BCUT2D eigenvalue weighted by atomic mass is 9.81. The van der Waals surface area contributed by atoms with Crippen LogP contribution in [0.25, 0.3) is 10.8 Å². The van der Waals surface area contributed by atoms with Crippen molar-refractivity contribution in [1.82, 2.24) is 9.88 Å². The maximum Gasteiger partial charge on any atom is 0.311 e. The second-order valence-corrected chi connectivity index (χ2v) is 7.67. The van der Waals surface area contributed by atoms with Gasteiger partial charge in [0.25, 0.3) is 0 Å². The van der Waals surface area contributed by atoms with Gasteiger partial charge in [0.1, 0.15) is 5.76 Å². The number of hydrogen-bond donors (Lipinski definition) is 1. The number of aromatic nitrogens is 1. The number of carboxylic acids is 1. The molecule has 2 aliphatic rings. The molecule has 2 aromatic heterocycles. The van der Waals surface area contributed by atoms with E-state index in [1.165, 1.54) is 0 Å². The Hall–Kier alpha value is -1.37. The highest BCUT2D eigenvalue weighted by Gasteiger charge is 2.54. The number of hydrogen-bond acceptors (Lipinski definition) is 5. The molecule has 0 amide bonds. The van der Waals surface area contributed by atoms with Gasteiger partial charge in [-0.25, -0.2) is 4.98 Å². The maximum atomic E-state index is 11.8. The number of likely N-dealkylation sites (tertiary alicyclic amines) is 1. The fourth-order valence-electron chi connectivity index (χ4n) is 4.16. The number of nitrogens with zero attached hydrogens (tertiary/aromatic N) is 2. The lowest BCUT2D eigenvalue weighted by Gasteiger charge is -2.23. The van der Waals surface area contributed by atoms with Crippen molar-refractivity contribution in [2.75, 3.05) is 13.1 Å². The minimum atomic E-state index is -0.626. The van der Waals surface area contributed by atoms with Gasteiger partial charge in [0, 0.05) is 19.6 Å². The molecule has 1 saturated carbocycles. The molecular weight excluding hydrogens is 348 g/mol. The Balaban J connectivity index is 0.00000169. The van der Waals surface area contributed by atoms with E-state index in [4.69, 9.17) is 4.42 Å². The van der Waals surface area contributed by atoms with Crippen molar-refractivity contribution in [1.29, 1.82) is 0 Å². The highest BCUT2D eigenvalue weighted by molar-refractivity contribution is 7.13. The van der Waals surface area contributed by atoms with Crippen molar-refractivity contribution in [2.24, 2.45) is 11.3 Å². The number of carbonyl (C=O) groups is 1. The topological polar surface area (TPSA) is 66.6 Å². The second kappa shape index (κ2) is 6.50. The van der Waals surface area contributed by atoms with Gasteiger partial charge >= 0.3 is 5.97 Å². The third kappa shape index (κ3) is 2.76. The zero-order valence-electron chi connectivity index (χ0n) is 13.5. The molecule has 3 heterocycles. The predicted octanol–water partition coefficient (Wildman–Crippen LogP) is 3.82. The molecule has 7 heteroatoms. The monoisotopic (exact) mass is 368 g/mol. The van der Waals surface area contributed by atoms with Gasteiger partial charge in [-0.3, -0.25) is 9.69 Å². The standard InChI is InChI=1S/C17H20N2O3S.ClH/c1-11-13(18-15(22-11)14-5-3-7-23-14)9-19-8-12-4-2-6-17(12,10-19)16(20)21;/h3,5,7,12H,2,4,6,8-10H2,1H3,(H,20,21);1H/t12-,17+;/m0./s1. The zero-order chi connectivity index (χ0) is 16.0. The number of carboxylic acid groups (broad SMARTS) is 1. The molecule has 130 valence electrons. The highest BCUT2D eigenvalue weighted by Crippen LogP contribution is 2.49. The second-order valence-electron chi connectivity index (χ2n) is 6.72. The number of fused-ring (bicyclic) bond motifs is 1. The Kier molecular flexibility index (Phi) is 4.73. The number of aliphatic carboxylic acids is 1. The van der Waals surface area contributed by atoms with E-state index in [-0.39, 0.29) is 18.3 Å². The molecule has 2 atom stereocenters. The summed E-state index contributed by atoms with van der Waals surface area (Å²) < 4.78 is 5.79. The van der Waals surface area contributed by atoms with Crippen LogP contribution in [0.3, 0.4) is 0 Å².